The quantitative estimate of drug-likeness (QED) is 0.464. The summed E-state index contributed by atoms with van der Waals surface area (Å²) in [5.74, 6) is 1.82. The molecule has 0 aliphatic heterocycles. The van der Waals surface area contributed by atoms with Gasteiger partial charge in [-0.3, -0.25) is 0 Å². The number of rotatable bonds is 3. The monoisotopic (exact) mass is 395 g/mol. The highest BCUT2D eigenvalue weighted by atomic mass is 79.9. The molecule has 0 amide bonds. The maximum Gasteiger partial charge on any atom is 0.141 e. The van der Waals surface area contributed by atoms with Crippen LogP contribution >= 0.6 is 15.9 Å². The number of aromatic nitrogens is 3. The molecule has 4 aromatic rings. The average molecular weight is 396 g/mol. The molecule has 0 aliphatic rings. The lowest BCUT2D eigenvalue weighted by Gasteiger charge is -2.09. The van der Waals surface area contributed by atoms with Gasteiger partial charge in [0.05, 0.1) is 11.2 Å². The molecule has 25 heavy (non-hydrogen) atoms. The fourth-order valence-electron chi connectivity index (χ4n) is 3.30. The molecule has 4 nitrogen and oxygen atoms in total. The summed E-state index contributed by atoms with van der Waals surface area (Å²) in [7, 11) is 0. The van der Waals surface area contributed by atoms with Gasteiger partial charge in [0.25, 0.3) is 0 Å². The van der Waals surface area contributed by atoms with Crippen LogP contribution in [0.5, 0.6) is 0 Å². The van der Waals surface area contributed by atoms with Crippen molar-refractivity contribution in [1.82, 2.24) is 14.7 Å². The van der Waals surface area contributed by atoms with Gasteiger partial charge in [0, 0.05) is 16.6 Å². The molecule has 0 atom stereocenters. The molecule has 0 radical (unpaired) electrons. The number of halogens is 1. The smallest absolute Gasteiger partial charge is 0.141 e. The number of hydrogen-bond donors (Lipinski definition) is 0. The highest BCUT2D eigenvalue weighted by Crippen LogP contribution is 2.34. The number of hydrogen-bond acceptors (Lipinski definition) is 3. The maximum atomic E-state index is 5.34. The zero-order chi connectivity index (χ0) is 17.6. The predicted octanol–water partition coefficient (Wildman–Crippen LogP) is 5.43. The first-order valence-electron chi connectivity index (χ1n) is 8.18. The van der Waals surface area contributed by atoms with E-state index >= 15 is 0 Å². The molecule has 0 N–H and O–H groups in total. The summed E-state index contributed by atoms with van der Waals surface area (Å²) in [6.07, 6.45) is 0. The lowest BCUT2D eigenvalue weighted by Crippen LogP contribution is -2.01. The molecule has 2 aromatic heterocycles. The standard InChI is InChI=1S/C20H18BrN3O/c1-12-19(13(2)25-23-12)16-9-17(21)20-18(10-16)24(14(3)22-20)11-15-7-5-4-6-8-15/h4-10H,11H2,1-3H3. The number of imidazole rings is 1. The van der Waals surface area contributed by atoms with E-state index in [1.165, 1.54) is 5.56 Å². The van der Waals surface area contributed by atoms with E-state index < -0.39 is 0 Å². The van der Waals surface area contributed by atoms with Crippen molar-refractivity contribution in [3.05, 3.63) is 69.8 Å². The van der Waals surface area contributed by atoms with Crippen LogP contribution in [0.15, 0.2) is 51.5 Å². The van der Waals surface area contributed by atoms with E-state index in [0.717, 1.165) is 50.5 Å². The van der Waals surface area contributed by atoms with E-state index in [1.54, 1.807) is 0 Å². The van der Waals surface area contributed by atoms with Gasteiger partial charge in [-0.15, -0.1) is 0 Å². The normalized spacial score (nSPS) is 11.4. The van der Waals surface area contributed by atoms with Gasteiger partial charge in [-0.2, -0.15) is 0 Å². The van der Waals surface area contributed by atoms with E-state index in [-0.39, 0.29) is 0 Å². The molecule has 4 rings (SSSR count). The third-order valence-corrected chi connectivity index (χ3v) is 5.11. The fourth-order valence-corrected chi connectivity index (χ4v) is 3.84. The van der Waals surface area contributed by atoms with Crippen LogP contribution in [0.2, 0.25) is 0 Å². The van der Waals surface area contributed by atoms with Crippen LogP contribution in [0.3, 0.4) is 0 Å². The molecule has 0 fully saturated rings. The molecule has 2 aromatic carbocycles. The third-order valence-electron chi connectivity index (χ3n) is 4.50. The Morgan fingerprint density at radius 3 is 2.52 bits per heavy atom. The van der Waals surface area contributed by atoms with Gasteiger partial charge in [0.15, 0.2) is 0 Å². The Hall–Kier alpha value is -2.40. The minimum absolute atomic E-state index is 0.792. The lowest BCUT2D eigenvalue weighted by atomic mass is 10.0. The average Bonchev–Trinajstić information content (AvgIpc) is 3.09. The molecule has 0 bridgehead atoms. The van der Waals surface area contributed by atoms with Gasteiger partial charge in [-0.1, -0.05) is 35.5 Å². The van der Waals surface area contributed by atoms with E-state index in [9.17, 15) is 0 Å². The van der Waals surface area contributed by atoms with Crippen molar-refractivity contribution in [3.63, 3.8) is 0 Å². The van der Waals surface area contributed by atoms with Crippen molar-refractivity contribution in [2.45, 2.75) is 27.3 Å². The van der Waals surface area contributed by atoms with Crippen LogP contribution in [-0.4, -0.2) is 14.7 Å². The van der Waals surface area contributed by atoms with Crippen LogP contribution in [0.1, 0.15) is 22.8 Å². The molecule has 2 heterocycles. The highest BCUT2D eigenvalue weighted by molar-refractivity contribution is 9.10. The van der Waals surface area contributed by atoms with Gasteiger partial charge >= 0.3 is 0 Å². The third kappa shape index (κ3) is 2.78. The molecule has 0 unspecified atom stereocenters. The van der Waals surface area contributed by atoms with E-state index in [0.29, 0.717) is 0 Å². The number of nitrogens with zero attached hydrogens (tertiary/aromatic N) is 3. The van der Waals surface area contributed by atoms with Crippen molar-refractivity contribution in [2.75, 3.05) is 0 Å². The molecule has 0 saturated carbocycles. The Labute approximate surface area is 154 Å². The Balaban J connectivity index is 1.91. The van der Waals surface area contributed by atoms with Crippen LogP contribution < -0.4 is 0 Å². The first kappa shape index (κ1) is 16.1. The van der Waals surface area contributed by atoms with Gasteiger partial charge in [-0.05, 0) is 60.0 Å². The molecule has 126 valence electrons. The van der Waals surface area contributed by atoms with Crippen molar-refractivity contribution < 1.29 is 4.52 Å². The van der Waals surface area contributed by atoms with Gasteiger partial charge in [-0.25, -0.2) is 4.98 Å². The minimum Gasteiger partial charge on any atom is -0.361 e. The summed E-state index contributed by atoms with van der Waals surface area (Å²) in [5, 5.41) is 4.08. The summed E-state index contributed by atoms with van der Waals surface area (Å²) in [6, 6.07) is 14.7. The maximum absolute atomic E-state index is 5.34. The number of fused-ring (bicyclic) bond motifs is 1. The Morgan fingerprint density at radius 1 is 1.08 bits per heavy atom. The van der Waals surface area contributed by atoms with Gasteiger partial charge < -0.3 is 9.09 Å². The second-order valence-electron chi connectivity index (χ2n) is 6.26. The first-order valence-corrected chi connectivity index (χ1v) is 8.97. The van der Waals surface area contributed by atoms with E-state index in [2.05, 4.69) is 62.1 Å². The van der Waals surface area contributed by atoms with Crippen molar-refractivity contribution in [3.8, 4) is 11.1 Å². The van der Waals surface area contributed by atoms with Crippen molar-refractivity contribution in [1.29, 1.82) is 0 Å². The van der Waals surface area contributed by atoms with Crippen LogP contribution in [0.25, 0.3) is 22.2 Å². The van der Waals surface area contributed by atoms with Crippen molar-refractivity contribution in [2.24, 2.45) is 0 Å². The molecular weight excluding hydrogens is 378 g/mol. The first-order chi connectivity index (χ1) is 12.0. The summed E-state index contributed by atoms with van der Waals surface area (Å²) in [4.78, 5) is 4.75. The zero-order valence-corrected chi connectivity index (χ0v) is 16.0. The topological polar surface area (TPSA) is 43.9 Å². The second-order valence-corrected chi connectivity index (χ2v) is 7.11. The summed E-state index contributed by atoms with van der Waals surface area (Å²) < 4.78 is 8.57. The number of benzene rings is 2. The molecule has 0 aliphatic carbocycles. The number of aryl methyl sites for hydroxylation is 3. The Morgan fingerprint density at radius 2 is 1.84 bits per heavy atom. The van der Waals surface area contributed by atoms with Gasteiger partial charge in [0.2, 0.25) is 0 Å². The van der Waals surface area contributed by atoms with Gasteiger partial charge in [0.1, 0.15) is 17.1 Å². The molecule has 5 heteroatoms. The molecule has 0 spiro atoms. The largest absolute Gasteiger partial charge is 0.361 e. The van der Waals surface area contributed by atoms with Crippen molar-refractivity contribution >= 4 is 27.0 Å². The van der Waals surface area contributed by atoms with E-state index in [4.69, 9.17) is 9.51 Å². The van der Waals surface area contributed by atoms with Crippen LogP contribution in [-0.2, 0) is 6.54 Å². The highest BCUT2D eigenvalue weighted by Gasteiger charge is 2.17. The summed E-state index contributed by atoms with van der Waals surface area (Å²) in [5.41, 5.74) is 6.37. The molecule has 0 saturated heterocycles. The fraction of sp³-hybridized carbons (Fsp3) is 0.200. The minimum atomic E-state index is 0.792. The Bertz CT molecular complexity index is 1040. The van der Waals surface area contributed by atoms with Crippen LogP contribution in [0, 0.1) is 20.8 Å². The predicted molar refractivity (Wildman–Crippen MR) is 103 cm³/mol. The lowest BCUT2D eigenvalue weighted by molar-refractivity contribution is 0.393. The summed E-state index contributed by atoms with van der Waals surface area (Å²) >= 11 is 3.69. The summed E-state index contributed by atoms with van der Waals surface area (Å²) in [6.45, 7) is 6.75. The second kappa shape index (κ2) is 6.15. The molecular formula is C20H18BrN3O. The Kier molecular flexibility index (Phi) is 3.96. The van der Waals surface area contributed by atoms with E-state index in [1.807, 2.05) is 26.8 Å². The van der Waals surface area contributed by atoms with Crippen LogP contribution in [0.4, 0.5) is 0 Å². The SMILES string of the molecule is Cc1noc(C)c1-c1cc(Br)c2nc(C)n(Cc3ccccc3)c2c1. The zero-order valence-electron chi connectivity index (χ0n) is 14.4.